The van der Waals surface area contributed by atoms with E-state index in [-0.39, 0.29) is 5.11 Å². The Kier molecular flexibility index (Phi) is 4.03. The summed E-state index contributed by atoms with van der Waals surface area (Å²) in [4.78, 5) is 12.6. The van der Waals surface area contributed by atoms with Crippen molar-refractivity contribution < 1.29 is 4.79 Å². The minimum atomic E-state index is 0.197. The van der Waals surface area contributed by atoms with Gasteiger partial charge in [-0.3, -0.25) is 0 Å². The first-order chi connectivity index (χ1) is 3.81. The summed E-state index contributed by atoms with van der Waals surface area (Å²) in [5, 5.41) is 2.85. The predicted octanol–water partition coefficient (Wildman–Crippen LogP) is 0.217. The lowest BCUT2D eigenvalue weighted by atomic mass is 10.7. The summed E-state index contributed by atoms with van der Waals surface area (Å²) in [5.41, 5.74) is 0. The van der Waals surface area contributed by atoms with E-state index in [0.717, 1.165) is 0 Å². The maximum atomic E-state index is 9.47. The zero-order valence-electron chi connectivity index (χ0n) is 4.47. The third-order valence-corrected chi connectivity index (χ3v) is 0.711. The molecule has 0 amide bonds. The summed E-state index contributed by atoms with van der Waals surface area (Å²) >= 11 is 4.51. The fraction of sp³-hybridized carbons (Fsp3) is 0.500. The van der Waals surface area contributed by atoms with Gasteiger partial charge in [-0.25, -0.2) is 4.79 Å². The minimum absolute atomic E-state index is 0.197. The highest BCUT2D eigenvalue weighted by Crippen LogP contribution is 1.68. The van der Waals surface area contributed by atoms with Crippen molar-refractivity contribution in [2.45, 2.75) is 6.92 Å². The van der Waals surface area contributed by atoms with Crippen LogP contribution in [0.4, 0.5) is 0 Å². The van der Waals surface area contributed by atoms with Crippen LogP contribution in [-0.2, 0) is 4.79 Å². The zero-order valence-corrected chi connectivity index (χ0v) is 5.29. The van der Waals surface area contributed by atoms with Crippen LogP contribution in [0.1, 0.15) is 6.92 Å². The molecule has 1 N–H and O–H groups in total. The average Bonchev–Trinajstić information content (AvgIpc) is 1.68. The van der Waals surface area contributed by atoms with Gasteiger partial charge in [-0.1, -0.05) is 0 Å². The summed E-state index contributed by atoms with van der Waals surface area (Å²) in [5.74, 6) is 0. The van der Waals surface area contributed by atoms with E-state index in [9.17, 15) is 4.79 Å². The van der Waals surface area contributed by atoms with E-state index in [1.165, 1.54) is 6.08 Å². The third-order valence-electron chi connectivity index (χ3n) is 0.475. The summed E-state index contributed by atoms with van der Waals surface area (Å²) in [7, 11) is 0. The molecule has 0 rings (SSSR count). The molecule has 0 aromatic heterocycles. The summed E-state index contributed by atoms with van der Waals surface area (Å²) in [6.45, 7) is 2.55. The van der Waals surface area contributed by atoms with Crippen LogP contribution in [0.25, 0.3) is 0 Å². The molecular formula is C4H6N2OS. The molecule has 0 saturated carbocycles. The Hall–Kier alpha value is -0.730. The van der Waals surface area contributed by atoms with Gasteiger partial charge in [-0.15, -0.1) is 4.99 Å². The van der Waals surface area contributed by atoms with Crippen LogP contribution in [-0.4, -0.2) is 17.7 Å². The van der Waals surface area contributed by atoms with E-state index >= 15 is 0 Å². The van der Waals surface area contributed by atoms with Crippen LogP contribution in [0.2, 0.25) is 0 Å². The molecule has 0 atom stereocenters. The van der Waals surface area contributed by atoms with Crippen LogP contribution in [0.15, 0.2) is 4.99 Å². The smallest absolute Gasteiger partial charge is 0.242 e. The maximum absolute atomic E-state index is 9.47. The maximum Gasteiger partial charge on any atom is 0.242 e. The molecule has 0 unspecified atom stereocenters. The summed E-state index contributed by atoms with van der Waals surface area (Å²) in [6, 6.07) is 0. The Balaban J connectivity index is 3.49. The Bertz CT molecular complexity index is 128. The molecular weight excluding hydrogens is 124 g/mol. The highest BCUT2D eigenvalue weighted by Gasteiger charge is 1.82. The average molecular weight is 130 g/mol. The Morgan fingerprint density at radius 2 is 2.62 bits per heavy atom. The molecule has 0 saturated heterocycles. The van der Waals surface area contributed by atoms with E-state index in [0.29, 0.717) is 6.54 Å². The minimum Gasteiger partial charge on any atom is -0.361 e. The highest BCUT2D eigenvalue weighted by molar-refractivity contribution is 7.80. The Labute approximate surface area is 52.8 Å². The second-order valence-corrected chi connectivity index (χ2v) is 1.43. The zero-order chi connectivity index (χ0) is 6.41. The molecule has 0 aromatic carbocycles. The Morgan fingerprint density at radius 3 is 3.00 bits per heavy atom. The molecule has 0 bridgehead atoms. The first kappa shape index (κ1) is 7.27. The van der Waals surface area contributed by atoms with Gasteiger partial charge in [0.05, 0.1) is 0 Å². The van der Waals surface area contributed by atoms with Gasteiger partial charge < -0.3 is 5.32 Å². The SMILES string of the molecule is CCNC(=S)N=C=O. The van der Waals surface area contributed by atoms with Gasteiger partial charge >= 0.3 is 0 Å². The molecule has 0 fully saturated rings. The van der Waals surface area contributed by atoms with Gasteiger partial charge in [-0.2, -0.15) is 0 Å². The quantitative estimate of drug-likeness (QED) is 0.313. The molecule has 8 heavy (non-hydrogen) atoms. The predicted molar refractivity (Wildman–Crippen MR) is 34.4 cm³/mol. The molecule has 44 valence electrons. The van der Waals surface area contributed by atoms with Gasteiger partial charge in [0.1, 0.15) is 0 Å². The molecule has 3 nitrogen and oxygen atoms in total. The van der Waals surface area contributed by atoms with Crippen LogP contribution in [0.3, 0.4) is 0 Å². The molecule has 0 spiro atoms. The first-order valence-corrected chi connectivity index (χ1v) is 2.57. The third kappa shape index (κ3) is 3.46. The van der Waals surface area contributed by atoms with Crippen molar-refractivity contribution in [1.82, 2.24) is 5.32 Å². The van der Waals surface area contributed by atoms with Gasteiger partial charge in [0, 0.05) is 6.54 Å². The fourth-order valence-corrected chi connectivity index (χ4v) is 0.414. The van der Waals surface area contributed by atoms with Crippen molar-refractivity contribution in [1.29, 1.82) is 0 Å². The van der Waals surface area contributed by atoms with Crippen molar-refractivity contribution >= 4 is 23.4 Å². The largest absolute Gasteiger partial charge is 0.361 e. The van der Waals surface area contributed by atoms with Gasteiger partial charge in [0.25, 0.3) is 0 Å². The van der Waals surface area contributed by atoms with Crippen molar-refractivity contribution in [3.05, 3.63) is 0 Å². The second kappa shape index (κ2) is 4.43. The number of hydrogen-bond donors (Lipinski definition) is 1. The van der Waals surface area contributed by atoms with Gasteiger partial charge in [-0.05, 0) is 19.1 Å². The van der Waals surface area contributed by atoms with Crippen molar-refractivity contribution in [3.8, 4) is 0 Å². The molecule has 0 radical (unpaired) electrons. The molecule has 0 heterocycles. The number of thiocarbonyl (C=S) groups is 1. The number of isocyanates is 1. The fourth-order valence-electron chi connectivity index (χ4n) is 0.232. The molecule has 0 aromatic rings. The van der Waals surface area contributed by atoms with Gasteiger partial charge in [0.15, 0.2) is 0 Å². The molecule has 0 aliphatic carbocycles. The van der Waals surface area contributed by atoms with Crippen molar-refractivity contribution in [2.75, 3.05) is 6.54 Å². The van der Waals surface area contributed by atoms with Gasteiger partial charge in [0.2, 0.25) is 11.2 Å². The number of aliphatic imine (C=N–C) groups is 1. The van der Waals surface area contributed by atoms with E-state index in [1.54, 1.807) is 0 Å². The summed E-state index contributed by atoms with van der Waals surface area (Å²) < 4.78 is 0. The monoisotopic (exact) mass is 130 g/mol. The molecule has 0 aliphatic rings. The van der Waals surface area contributed by atoms with Crippen LogP contribution in [0, 0.1) is 0 Å². The van der Waals surface area contributed by atoms with E-state index in [4.69, 9.17) is 0 Å². The number of carbonyl (C=O) groups excluding carboxylic acids is 1. The topological polar surface area (TPSA) is 41.5 Å². The number of nitrogens with one attached hydrogen (secondary N) is 1. The standard InChI is InChI=1S/C4H6N2OS/c1-2-5-4(8)6-3-7/h2H2,1H3,(H,5,8). The highest BCUT2D eigenvalue weighted by atomic mass is 32.1. The van der Waals surface area contributed by atoms with Crippen molar-refractivity contribution in [3.63, 3.8) is 0 Å². The lowest BCUT2D eigenvalue weighted by molar-refractivity contribution is 0.565. The number of hydrogen-bond acceptors (Lipinski definition) is 2. The summed E-state index contributed by atoms with van der Waals surface area (Å²) in [6.07, 6.45) is 1.32. The van der Waals surface area contributed by atoms with Crippen LogP contribution in [0.5, 0.6) is 0 Å². The number of rotatable bonds is 1. The van der Waals surface area contributed by atoms with E-state index < -0.39 is 0 Å². The lowest BCUT2D eigenvalue weighted by Gasteiger charge is -1.92. The number of nitrogens with zero attached hydrogens (tertiary/aromatic N) is 1. The second-order valence-electron chi connectivity index (χ2n) is 1.04. The van der Waals surface area contributed by atoms with Crippen LogP contribution < -0.4 is 5.32 Å². The molecule has 4 heteroatoms. The molecule has 0 aliphatic heterocycles. The van der Waals surface area contributed by atoms with Crippen molar-refractivity contribution in [2.24, 2.45) is 4.99 Å². The first-order valence-electron chi connectivity index (χ1n) is 2.17. The lowest BCUT2D eigenvalue weighted by Crippen LogP contribution is -2.17. The van der Waals surface area contributed by atoms with E-state index in [1.807, 2.05) is 6.92 Å². The normalized spacial score (nSPS) is 7.12. The Morgan fingerprint density at radius 1 is 2.00 bits per heavy atom. The van der Waals surface area contributed by atoms with E-state index in [2.05, 4.69) is 22.5 Å². The van der Waals surface area contributed by atoms with Crippen LogP contribution >= 0.6 is 12.2 Å².